The van der Waals surface area contributed by atoms with E-state index in [9.17, 15) is 0 Å². The molecule has 7 heteroatoms. The van der Waals surface area contributed by atoms with E-state index in [0.29, 0.717) is 5.82 Å². The lowest BCUT2D eigenvalue weighted by Crippen LogP contribution is -2.40. The maximum Gasteiger partial charge on any atom is 0.159 e. The fourth-order valence-electron chi connectivity index (χ4n) is 2.00. The van der Waals surface area contributed by atoms with Gasteiger partial charge < -0.3 is 15.1 Å². The van der Waals surface area contributed by atoms with Gasteiger partial charge >= 0.3 is 0 Å². The first-order valence-electron chi connectivity index (χ1n) is 5.51. The lowest BCUT2D eigenvalue weighted by atomic mass is 10.1. The standard InChI is InChI=1S/C10H16BrN5O/c1-17-7-3-2-4-16(5-7)10-8(11)9(15-12)13-6-14-10/h6-7H,2-5,12H2,1H3,(H,13,14,15). The zero-order valence-corrected chi connectivity index (χ0v) is 11.3. The summed E-state index contributed by atoms with van der Waals surface area (Å²) in [7, 11) is 1.75. The number of ether oxygens (including phenoxy) is 1. The van der Waals surface area contributed by atoms with Crippen molar-refractivity contribution in [3.63, 3.8) is 0 Å². The summed E-state index contributed by atoms with van der Waals surface area (Å²) in [5.74, 6) is 6.84. The van der Waals surface area contributed by atoms with Crippen LogP contribution in [0.1, 0.15) is 12.8 Å². The van der Waals surface area contributed by atoms with Crippen molar-refractivity contribution in [2.24, 2.45) is 5.84 Å². The zero-order chi connectivity index (χ0) is 12.3. The van der Waals surface area contributed by atoms with Crippen LogP contribution in [0.4, 0.5) is 11.6 Å². The van der Waals surface area contributed by atoms with Gasteiger partial charge in [0.25, 0.3) is 0 Å². The molecule has 0 radical (unpaired) electrons. The smallest absolute Gasteiger partial charge is 0.159 e. The molecule has 1 atom stereocenters. The lowest BCUT2D eigenvalue weighted by molar-refractivity contribution is 0.0891. The Hall–Kier alpha value is -0.920. The number of halogens is 1. The van der Waals surface area contributed by atoms with Gasteiger partial charge in [0.2, 0.25) is 0 Å². The average molecular weight is 302 g/mol. The third kappa shape index (κ3) is 2.67. The van der Waals surface area contributed by atoms with Crippen molar-refractivity contribution in [3.05, 3.63) is 10.8 Å². The minimum absolute atomic E-state index is 0.264. The van der Waals surface area contributed by atoms with Crippen molar-refractivity contribution in [1.29, 1.82) is 0 Å². The van der Waals surface area contributed by atoms with E-state index in [2.05, 4.69) is 36.2 Å². The highest BCUT2D eigenvalue weighted by Crippen LogP contribution is 2.30. The third-order valence-electron chi connectivity index (χ3n) is 2.92. The molecule has 1 aromatic rings. The molecule has 0 aromatic carbocycles. The van der Waals surface area contributed by atoms with Gasteiger partial charge in [0.05, 0.1) is 6.10 Å². The molecule has 0 saturated carbocycles. The van der Waals surface area contributed by atoms with Crippen LogP contribution in [0.3, 0.4) is 0 Å². The van der Waals surface area contributed by atoms with Crippen LogP contribution in [0.5, 0.6) is 0 Å². The van der Waals surface area contributed by atoms with Gasteiger partial charge in [-0.3, -0.25) is 0 Å². The number of aromatic nitrogens is 2. The van der Waals surface area contributed by atoms with Gasteiger partial charge in [-0.1, -0.05) is 0 Å². The molecule has 94 valence electrons. The summed E-state index contributed by atoms with van der Waals surface area (Å²) in [4.78, 5) is 10.5. The summed E-state index contributed by atoms with van der Waals surface area (Å²) in [5.41, 5.74) is 2.54. The molecule has 17 heavy (non-hydrogen) atoms. The summed E-state index contributed by atoms with van der Waals surface area (Å²) >= 11 is 3.47. The molecule has 1 saturated heterocycles. The SMILES string of the molecule is COC1CCCN(c2ncnc(NN)c2Br)C1. The fraction of sp³-hybridized carbons (Fsp3) is 0.600. The Morgan fingerprint density at radius 2 is 2.41 bits per heavy atom. The van der Waals surface area contributed by atoms with Crippen LogP contribution in [-0.2, 0) is 4.74 Å². The summed E-state index contributed by atoms with van der Waals surface area (Å²) in [5, 5.41) is 0. The van der Waals surface area contributed by atoms with Gasteiger partial charge in [-0.25, -0.2) is 15.8 Å². The van der Waals surface area contributed by atoms with Crippen molar-refractivity contribution in [3.8, 4) is 0 Å². The number of piperidine rings is 1. The first-order valence-corrected chi connectivity index (χ1v) is 6.30. The van der Waals surface area contributed by atoms with E-state index in [1.165, 1.54) is 6.33 Å². The highest BCUT2D eigenvalue weighted by atomic mass is 79.9. The second kappa shape index (κ2) is 5.61. The van der Waals surface area contributed by atoms with E-state index in [4.69, 9.17) is 10.6 Å². The second-order valence-corrected chi connectivity index (χ2v) is 4.74. The largest absolute Gasteiger partial charge is 0.380 e. The Morgan fingerprint density at radius 1 is 1.59 bits per heavy atom. The van der Waals surface area contributed by atoms with Crippen LogP contribution in [0.25, 0.3) is 0 Å². The molecule has 3 N–H and O–H groups in total. The molecule has 6 nitrogen and oxygen atoms in total. The van der Waals surface area contributed by atoms with Crippen LogP contribution >= 0.6 is 15.9 Å². The van der Waals surface area contributed by atoms with E-state index in [1.807, 2.05) is 0 Å². The van der Waals surface area contributed by atoms with Crippen LogP contribution in [0, 0.1) is 0 Å². The maximum absolute atomic E-state index is 5.40. The minimum atomic E-state index is 0.264. The number of nitrogens with zero attached hydrogens (tertiary/aromatic N) is 3. The Morgan fingerprint density at radius 3 is 3.12 bits per heavy atom. The van der Waals surface area contributed by atoms with Gasteiger partial charge in [0, 0.05) is 20.2 Å². The molecular weight excluding hydrogens is 286 g/mol. The molecule has 1 aliphatic heterocycles. The first kappa shape index (κ1) is 12.5. The van der Waals surface area contributed by atoms with Crippen molar-refractivity contribution in [2.75, 3.05) is 30.5 Å². The summed E-state index contributed by atoms with van der Waals surface area (Å²) in [6, 6.07) is 0. The van der Waals surface area contributed by atoms with Crippen molar-refractivity contribution in [1.82, 2.24) is 9.97 Å². The molecule has 0 spiro atoms. The zero-order valence-electron chi connectivity index (χ0n) is 9.69. The number of anilines is 2. The molecule has 1 aliphatic rings. The number of nitrogen functional groups attached to an aromatic ring is 1. The fourth-order valence-corrected chi connectivity index (χ4v) is 2.57. The van der Waals surface area contributed by atoms with Crippen molar-refractivity contribution >= 4 is 27.6 Å². The summed E-state index contributed by atoms with van der Waals surface area (Å²) < 4.78 is 6.19. The summed E-state index contributed by atoms with van der Waals surface area (Å²) in [6.45, 7) is 1.82. The number of methoxy groups -OCH3 is 1. The number of rotatable bonds is 3. The summed E-state index contributed by atoms with van der Waals surface area (Å²) in [6.07, 6.45) is 3.96. The molecule has 1 unspecified atom stereocenters. The Bertz CT molecular complexity index is 389. The Kier molecular flexibility index (Phi) is 4.14. The molecule has 2 heterocycles. The van der Waals surface area contributed by atoms with Gasteiger partial charge in [0.15, 0.2) is 5.82 Å². The normalized spacial score (nSPS) is 20.4. The van der Waals surface area contributed by atoms with Gasteiger partial charge in [-0.15, -0.1) is 0 Å². The minimum Gasteiger partial charge on any atom is -0.380 e. The lowest BCUT2D eigenvalue weighted by Gasteiger charge is -2.33. The molecule has 1 fully saturated rings. The topological polar surface area (TPSA) is 76.3 Å². The van der Waals surface area contributed by atoms with Crippen LogP contribution < -0.4 is 16.2 Å². The molecule has 0 aliphatic carbocycles. The third-order valence-corrected chi connectivity index (χ3v) is 3.65. The highest BCUT2D eigenvalue weighted by molar-refractivity contribution is 9.10. The van der Waals surface area contributed by atoms with Crippen LogP contribution in [0.15, 0.2) is 10.8 Å². The number of hydrogen-bond acceptors (Lipinski definition) is 6. The maximum atomic E-state index is 5.40. The van der Waals surface area contributed by atoms with Crippen LogP contribution in [-0.4, -0.2) is 36.3 Å². The van der Waals surface area contributed by atoms with E-state index in [1.54, 1.807) is 7.11 Å². The van der Waals surface area contributed by atoms with Gasteiger partial charge in [-0.05, 0) is 28.8 Å². The highest BCUT2D eigenvalue weighted by Gasteiger charge is 2.23. The Balaban J connectivity index is 2.21. The molecular formula is C10H16BrN5O. The van der Waals surface area contributed by atoms with Crippen LogP contribution in [0.2, 0.25) is 0 Å². The number of nitrogens with one attached hydrogen (secondary N) is 1. The first-order chi connectivity index (χ1) is 8.26. The molecule has 2 rings (SSSR count). The molecule has 1 aromatic heterocycles. The number of hydrogen-bond donors (Lipinski definition) is 2. The Labute approximate surface area is 109 Å². The predicted octanol–water partition coefficient (Wildman–Crippen LogP) is 1.14. The van der Waals surface area contributed by atoms with Crippen molar-refractivity contribution < 1.29 is 4.74 Å². The predicted molar refractivity (Wildman–Crippen MR) is 69.8 cm³/mol. The number of nitrogens with two attached hydrogens (primary N) is 1. The quantitative estimate of drug-likeness (QED) is 0.644. The monoisotopic (exact) mass is 301 g/mol. The van der Waals surface area contributed by atoms with Gasteiger partial charge in [0.1, 0.15) is 16.6 Å². The van der Waals surface area contributed by atoms with E-state index in [-0.39, 0.29) is 6.10 Å². The van der Waals surface area contributed by atoms with Gasteiger partial charge in [-0.2, -0.15) is 0 Å². The molecule has 0 bridgehead atoms. The van der Waals surface area contributed by atoms with Crippen molar-refractivity contribution in [2.45, 2.75) is 18.9 Å². The second-order valence-electron chi connectivity index (χ2n) is 3.95. The van der Waals surface area contributed by atoms with E-state index >= 15 is 0 Å². The molecule has 0 amide bonds. The average Bonchev–Trinajstić information content (AvgIpc) is 2.39. The number of hydrazine groups is 1. The van der Waals surface area contributed by atoms with E-state index < -0.39 is 0 Å². The van der Waals surface area contributed by atoms with E-state index in [0.717, 1.165) is 36.2 Å².